The first-order chi connectivity index (χ1) is 13.6. The van der Waals surface area contributed by atoms with E-state index in [9.17, 15) is 0 Å². The largest absolute Gasteiger partial charge is 0.496 e. The van der Waals surface area contributed by atoms with E-state index in [-0.39, 0.29) is 0 Å². The second-order valence-corrected chi connectivity index (χ2v) is 7.52. The van der Waals surface area contributed by atoms with Crippen LogP contribution in [0.25, 0.3) is 0 Å². The highest BCUT2D eigenvalue weighted by Crippen LogP contribution is 2.34. The van der Waals surface area contributed by atoms with Gasteiger partial charge in [-0.1, -0.05) is 13.0 Å². The molecule has 0 aliphatic rings. The molecule has 0 saturated heterocycles. The van der Waals surface area contributed by atoms with E-state index in [1.807, 2.05) is 12.1 Å². The van der Waals surface area contributed by atoms with Crippen molar-refractivity contribution >= 4 is 17.3 Å². The molecule has 0 aliphatic heterocycles. The van der Waals surface area contributed by atoms with E-state index in [2.05, 4.69) is 42.0 Å². The molecule has 1 aromatic heterocycles. The van der Waals surface area contributed by atoms with Crippen molar-refractivity contribution in [3.63, 3.8) is 0 Å². The lowest BCUT2D eigenvalue weighted by Gasteiger charge is -2.16. The average Bonchev–Trinajstić information content (AvgIpc) is 3.22. The van der Waals surface area contributed by atoms with Gasteiger partial charge in [-0.2, -0.15) is 0 Å². The molecule has 1 heterocycles. The van der Waals surface area contributed by atoms with Crippen molar-refractivity contribution in [2.75, 3.05) is 34.4 Å². The van der Waals surface area contributed by atoms with Crippen LogP contribution in [0.5, 0.6) is 17.2 Å². The Kier molecular flexibility index (Phi) is 8.94. The molecule has 0 aliphatic carbocycles. The molecule has 2 rings (SSSR count). The van der Waals surface area contributed by atoms with E-state index < -0.39 is 0 Å². The number of ether oxygens (including phenoxy) is 3. The summed E-state index contributed by atoms with van der Waals surface area (Å²) in [6.45, 7) is 6.43. The smallest absolute Gasteiger partial charge is 0.191 e. The highest BCUT2D eigenvalue weighted by atomic mass is 32.1. The zero-order valence-electron chi connectivity index (χ0n) is 17.4. The third-order valence-electron chi connectivity index (χ3n) is 4.29. The minimum atomic E-state index is 0.470. The van der Waals surface area contributed by atoms with Crippen LogP contribution in [-0.2, 0) is 13.0 Å². The molecule has 0 saturated carbocycles. The maximum Gasteiger partial charge on any atom is 0.191 e. The summed E-state index contributed by atoms with van der Waals surface area (Å²) in [6.07, 6.45) is 1.06. The fourth-order valence-electron chi connectivity index (χ4n) is 2.84. The number of nitrogens with zero attached hydrogens (tertiary/aromatic N) is 1. The van der Waals surface area contributed by atoms with Crippen LogP contribution in [0.2, 0.25) is 0 Å². The summed E-state index contributed by atoms with van der Waals surface area (Å²) in [7, 11) is 4.88. The summed E-state index contributed by atoms with van der Waals surface area (Å²) in [5.74, 6) is 3.33. The molecule has 1 atom stereocenters. The monoisotopic (exact) mass is 405 g/mol. The van der Waals surface area contributed by atoms with Crippen molar-refractivity contribution < 1.29 is 14.2 Å². The summed E-state index contributed by atoms with van der Waals surface area (Å²) < 4.78 is 16.2. The normalized spacial score (nSPS) is 12.4. The van der Waals surface area contributed by atoms with Gasteiger partial charge < -0.3 is 24.8 Å². The molecule has 0 radical (unpaired) electrons. The number of hydrogen-bond donors (Lipinski definition) is 2. The van der Waals surface area contributed by atoms with Crippen molar-refractivity contribution in [1.29, 1.82) is 0 Å². The summed E-state index contributed by atoms with van der Waals surface area (Å²) in [4.78, 5) is 6.12. The minimum absolute atomic E-state index is 0.470. The molecule has 28 heavy (non-hydrogen) atoms. The SMILES string of the molecule is CCNC(=NCc1cc(OC)c(OC)cc1OC)NCC(C)Cc1cccs1. The molecule has 154 valence electrons. The molecular weight excluding hydrogens is 374 g/mol. The van der Waals surface area contributed by atoms with Crippen LogP contribution in [-0.4, -0.2) is 40.4 Å². The number of rotatable bonds is 10. The average molecular weight is 406 g/mol. The maximum atomic E-state index is 5.49. The van der Waals surface area contributed by atoms with Crippen molar-refractivity contribution in [2.24, 2.45) is 10.9 Å². The zero-order chi connectivity index (χ0) is 20.4. The van der Waals surface area contributed by atoms with E-state index in [4.69, 9.17) is 19.2 Å². The fourth-order valence-corrected chi connectivity index (χ4v) is 3.71. The van der Waals surface area contributed by atoms with E-state index >= 15 is 0 Å². The summed E-state index contributed by atoms with van der Waals surface area (Å²) in [5.41, 5.74) is 0.934. The Morgan fingerprint density at radius 2 is 1.79 bits per heavy atom. The second-order valence-electron chi connectivity index (χ2n) is 6.48. The quantitative estimate of drug-likeness (QED) is 0.466. The minimum Gasteiger partial charge on any atom is -0.496 e. The van der Waals surface area contributed by atoms with Crippen LogP contribution in [0.1, 0.15) is 24.3 Å². The molecule has 0 amide bonds. The lowest BCUT2D eigenvalue weighted by molar-refractivity contribution is 0.347. The van der Waals surface area contributed by atoms with Gasteiger partial charge in [0, 0.05) is 29.6 Å². The van der Waals surface area contributed by atoms with Crippen LogP contribution in [0.4, 0.5) is 0 Å². The van der Waals surface area contributed by atoms with Gasteiger partial charge in [-0.05, 0) is 36.8 Å². The number of benzene rings is 1. The van der Waals surface area contributed by atoms with Crippen molar-refractivity contribution in [2.45, 2.75) is 26.8 Å². The highest BCUT2D eigenvalue weighted by Gasteiger charge is 2.12. The molecule has 6 nitrogen and oxygen atoms in total. The summed E-state index contributed by atoms with van der Waals surface area (Å²) >= 11 is 1.80. The summed E-state index contributed by atoms with van der Waals surface area (Å²) in [5, 5.41) is 8.86. The molecule has 0 spiro atoms. The van der Waals surface area contributed by atoms with Crippen molar-refractivity contribution in [3.05, 3.63) is 40.1 Å². The van der Waals surface area contributed by atoms with Gasteiger partial charge in [0.25, 0.3) is 0 Å². The third-order valence-corrected chi connectivity index (χ3v) is 5.18. The molecule has 2 aromatic rings. The van der Waals surface area contributed by atoms with Crippen molar-refractivity contribution in [1.82, 2.24) is 10.6 Å². The van der Waals surface area contributed by atoms with Crippen LogP contribution >= 0.6 is 11.3 Å². The molecule has 0 fully saturated rings. The van der Waals surface area contributed by atoms with Crippen LogP contribution in [0, 0.1) is 5.92 Å². The van der Waals surface area contributed by atoms with Crippen molar-refractivity contribution in [3.8, 4) is 17.2 Å². The molecule has 7 heteroatoms. The molecule has 2 N–H and O–H groups in total. The number of methoxy groups -OCH3 is 3. The number of thiophene rings is 1. The highest BCUT2D eigenvalue weighted by molar-refractivity contribution is 7.09. The third kappa shape index (κ3) is 6.34. The van der Waals surface area contributed by atoms with Crippen LogP contribution < -0.4 is 24.8 Å². The van der Waals surface area contributed by atoms with Gasteiger partial charge >= 0.3 is 0 Å². The Balaban J connectivity index is 2.05. The fraction of sp³-hybridized carbons (Fsp3) is 0.476. The number of nitrogens with one attached hydrogen (secondary N) is 2. The number of hydrogen-bond acceptors (Lipinski definition) is 5. The lowest BCUT2D eigenvalue weighted by atomic mass is 10.1. The maximum absolute atomic E-state index is 5.49. The Labute approximate surface area is 171 Å². The van der Waals surface area contributed by atoms with E-state index in [0.29, 0.717) is 24.0 Å². The summed E-state index contributed by atoms with van der Waals surface area (Å²) in [6, 6.07) is 8.02. The Morgan fingerprint density at radius 3 is 2.39 bits per heavy atom. The predicted octanol–water partition coefficient (Wildman–Crippen LogP) is 3.71. The standard InChI is InChI=1S/C21H31N3O3S/c1-6-22-21(23-13-15(2)10-17-8-7-9-28-17)24-14-16-11-19(26-4)20(27-5)12-18(16)25-3/h7-9,11-12,15H,6,10,13-14H2,1-5H3,(H2,22,23,24). The topological polar surface area (TPSA) is 64.1 Å². The van der Waals surface area contributed by atoms with E-state index in [1.54, 1.807) is 32.7 Å². The Morgan fingerprint density at radius 1 is 1.07 bits per heavy atom. The van der Waals surface area contributed by atoms with Crippen LogP contribution in [0.3, 0.4) is 0 Å². The first-order valence-corrected chi connectivity index (χ1v) is 10.3. The zero-order valence-corrected chi connectivity index (χ0v) is 18.2. The molecule has 1 unspecified atom stereocenters. The van der Waals surface area contributed by atoms with Gasteiger partial charge in [-0.15, -0.1) is 11.3 Å². The van der Waals surface area contributed by atoms with E-state index in [0.717, 1.165) is 36.8 Å². The van der Waals surface area contributed by atoms with Gasteiger partial charge in [0.1, 0.15) is 5.75 Å². The second kappa shape index (κ2) is 11.4. The number of guanidine groups is 1. The Bertz CT molecular complexity index is 748. The van der Waals surface area contributed by atoms with Gasteiger partial charge in [0.2, 0.25) is 0 Å². The first kappa shape index (κ1) is 21.9. The lowest BCUT2D eigenvalue weighted by Crippen LogP contribution is -2.39. The number of aliphatic imine (C=N–C) groups is 1. The molecule has 1 aromatic carbocycles. The van der Waals surface area contributed by atoms with Gasteiger partial charge in [0.15, 0.2) is 17.5 Å². The van der Waals surface area contributed by atoms with Gasteiger partial charge in [-0.25, -0.2) is 4.99 Å². The van der Waals surface area contributed by atoms with Gasteiger partial charge in [0.05, 0.1) is 27.9 Å². The van der Waals surface area contributed by atoms with Crippen LogP contribution in [0.15, 0.2) is 34.6 Å². The Hall–Kier alpha value is -2.41. The molecular formula is C21H31N3O3S. The first-order valence-electron chi connectivity index (χ1n) is 9.44. The predicted molar refractivity (Wildman–Crippen MR) is 116 cm³/mol. The van der Waals surface area contributed by atoms with E-state index in [1.165, 1.54) is 4.88 Å². The molecule has 0 bridgehead atoms. The van der Waals surface area contributed by atoms with Gasteiger partial charge in [-0.3, -0.25) is 0 Å².